The molecule has 0 saturated heterocycles. The normalized spacial score (nSPS) is 17.6. The number of carbonyl (C=O) groups excluding carboxylic acids is 1. The van der Waals surface area contributed by atoms with E-state index in [0.29, 0.717) is 24.8 Å². The van der Waals surface area contributed by atoms with Gasteiger partial charge in [0.05, 0.1) is 11.1 Å². The van der Waals surface area contributed by atoms with Gasteiger partial charge in [-0.15, -0.1) is 0 Å². The van der Waals surface area contributed by atoms with Gasteiger partial charge in [0, 0.05) is 12.2 Å². The first kappa shape index (κ1) is 14.7. The Morgan fingerprint density at radius 3 is 2.75 bits per heavy atom. The van der Waals surface area contributed by atoms with Crippen molar-refractivity contribution in [2.24, 2.45) is 11.3 Å². The monoisotopic (exact) mass is 276 g/mol. The number of amides is 1. The second-order valence-corrected chi connectivity index (χ2v) is 6.54. The molecule has 110 valence electrons. The van der Waals surface area contributed by atoms with Crippen molar-refractivity contribution < 1.29 is 9.53 Å². The van der Waals surface area contributed by atoms with Crippen molar-refractivity contribution in [1.82, 2.24) is 0 Å². The molecule has 0 atom stereocenters. The van der Waals surface area contributed by atoms with Crippen molar-refractivity contribution >= 4 is 17.3 Å². The number of nitrogen functional groups attached to an aromatic ring is 1. The lowest BCUT2D eigenvalue weighted by Gasteiger charge is -2.28. The molecule has 0 radical (unpaired) electrons. The average molecular weight is 276 g/mol. The summed E-state index contributed by atoms with van der Waals surface area (Å²) < 4.78 is 5.81. The lowest BCUT2D eigenvalue weighted by molar-refractivity contribution is -0.127. The quantitative estimate of drug-likeness (QED) is 0.863. The number of anilines is 2. The summed E-state index contributed by atoms with van der Waals surface area (Å²) in [5.74, 6) is 1.38. The first-order valence-electron chi connectivity index (χ1n) is 7.15. The van der Waals surface area contributed by atoms with Gasteiger partial charge in [-0.25, -0.2) is 0 Å². The summed E-state index contributed by atoms with van der Waals surface area (Å²) in [7, 11) is 0. The summed E-state index contributed by atoms with van der Waals surface area (Å²) in [6.07, 6.45) is 0.954. The zero-order valence-electron chi connectivity index (χ0n) is 12.8. The van der Waals surface area contributed by atoms with Crippen molar-refractivity contribution in [3.05, 3.63) is 18.2 Å². The molecule has 0 unspecified atom stereocenters. The van der Waals surface area contributed by atoms with E-state index in [1.54, 1.807) is 0 Å². The fourth-order valence-electron chi connectivity index (χ4n) is 2.27. The van der Waals surface area contributed by atoms with Gasteiger partial charge >= 0.3 is 0 Å². The van der Waals surface area contributed by atoms with Crippen LogP contribution in [0.5, 0.6) is 5.75 Å². The van der Waals surface area contributed by atoms with E-state index < -0.39 is 5.41 Å². The van der Waals surface area contributed by atoms with Gasteiger partial charge in [0.25, 0.3) is 0 Å². The molecule has 0 spiro atoms. The Hall–Kier alpha value is -1.71. The minimum atomic E-state index is -0.523. The highest BCUT2D eigenvalue weighted by molar-refractivity contribution is 5.99. The highest BCUT2D eigenvalue weighted by Gasteiger charge is 2.37. The summed E-state index contributed by atoms with van der Waals surface area (Å²) in [4.78, 5) is 14.6. The van der Waals surface area contributed by atoms with Gasteiger partial charge in [0.1, 0.15) is 12.4 Å². The zero-order valence-corrected chi connectivity index (χ0v) is 12.8. The first-order valence-corrected chi connectivity index (χ1v) is 7.15. The molecule has 1 heterocycles. The van der Waals surface area contributed by atoms with E-state index in [-0.39, 0.29) is 5.91 Å². The topological polar surface area (TPSA) is 55.6 Å². The van der Waals surface area contributed by atoms with Gasteiger partial charge in [-0.3, -0.25) is 4.79 Å². The highest BCUT2D eigenvalue weighted by Crippen LogP contribution is 2.37. The minimum Gasteiger partial charge on any atom is -0.490 e. The van der Waals surface area contributed by atoms with Gasteiger partial charge in [-0.05, 0) is 44.4 Å². The summed E-state index contributed by atoms with van der Waals surface area (Å²) in [6, 6.07) is 5.49. The maximum atomic E-state index is 12.8. The largest absolute Gasteiger partial charge is 0.490 e. The van der Waals surface area contributed by atoms with E-state index in [1.807, 2.05) is 36.9 Å². The lowest BCUT2D eigenvalue weighted by Crippen LogP contribution is -2.42. The SMILES string of the molecule is CC(C)CCN1C(=O)C(C)(C)COc2ccc(N)cc21. The number of hydrogen-bond acceptors (Lipinski definition) is 3. The van der Waals surface area contributed by atoms with E-state index in [2.05, 4.69) is 13.8 Å². The van der Waals surface area contributed by atoms with Crippen molar-refractivity contribution in [1.29, 1.82) is 0 Å². The van der Waals surface area contributed by atoms with Crippen LogP contribution in [0.1, 0.15) is 34.1 Å². The van der Waals surface area contributed by atoms with Crippen LogP contribution in [0.4, 0.5) is 11.4 Å². The Labute approximate surface area is 120 Å². The molecule has 4 heteroatoms. The van der Waals surface area contributed by atoms with Crippen molar-refractivity contribution in [3.8, 4) is 5.75 Å². The predicted molar refractivity (Wildman–Crippen MR) is 81.9 cm³/mol. The molecule has 20 heavy (non-hydrogen) atoms. The second-order valence-electron chi connectivity index (χ2n) is 6.54. The number of nitrogens with zero attached hydrogens (tertiary/aromatic N) is 1. The maximum absolute atomic E-state index is 12.8. The van der Waals surface area contributed by atoms with E-state index in [4.69, 9.17) is 10.5 Å². The Bertz CT molecular complexity index is 509. The Kier molecular flexibility index (Phi) is 3.93. The predicted octanol–water partition coefficient (Wildman–Crippen LogP) is 3.07. The third kappa shape index (κ3) is 2.89. The average Bonchev–Trinajstić information content (AvgIpc) is 2.45. The number of carbonyl (C=O) groups is 1. The van der Waals surface area contributed by atoms with Crippen molar-refractivity contribution in [2.75, 3.05) is 23.8 Å². The van der Waals surface area contributed by atoms with Gasteiger partial charge in [-0.2, -0.15) is 0 Å². The van der Waals surface area contributed by atoms with Crippen LogP contribution in [0.15, 0.2) is 18.2 Å². The van der Waals surface area contributed by atoms with Crippen LogP contribution < -0.4 is 15.4 Å². The van der Waals surface area contributed by atoms with E-state index in [0.717, 1.165) is 17.9 Å². The number of hydrogen-bond donors (Lipinski definition) is 1. The Morgan fingerprint density at radius 1 is 1.40 bits per heavy atom. The smallest absolute Gasteiger partial charge is 0.236 e. The molecule has 0 fully saturated rings. The van der Waals surface area contributed by atoms with E-state index in [1.165, 1.54) is 0 Å². The van der Waals surface area contributed by atoms with Crippen LogP contribution in [-0.4, -0.2) is 19.1 Å². The first-order chi connectivity index (χ1) is 9.31. The van der Waals surface area contributed by atoms with Gasteiger partial charge in [0.2, 0.25) is 5.91 Å². The maximum Gasteiger partial charge on any atom is 0.236 e. The Morgan fingerprint density at radius 2 is 2.10 bits per heavy atom. The molecule has 2 rings (SSSR count). The number of nitrogens with two attached hydrogens (primary N) is 1. The van der Waals surface area contributed by atoms with Gasteiger partial charge in [0.15, 0.2) is 0 Å². The highest BCUT2D eigenvalue weighted by atomic mass is 16.5. The van der Waals surface area contributed by atoms with Gasteiger partial charge < -0.3 is 15.4 Å². The van der Waals surface area contributed by atoms with Crippen LogP contribution in [0.3, 0.4) is 0 Å². The molecule has 1 aromatic rings. The fraction of sp³-hybridized carbons (Fsp3) is 0.562. The van der Waals surface area contributed by atoms with Crippen molar-refractivity contribution in [3.63, 3.8) is 0 Å². The minimum absolute atomic E-state index is 0.0995. The Balaban J connectivity index is 2.41. The number of benzene rings is 1. The molecule has 1 amide bonds. The van der Waals surface area contributed by atoms with Crippen LogP contribution >= 0.6 is 0 Å². The molecule has 1 aromatic carbocycles. The summed E-state index contributed by atoms with van der Waals surface area (Å²) >= 11 is 0. The molecule has 0 saturated carbocycles. The number of fused-ring (bicyclic) bond motifs is 1. The van der Waals surface area contributed by atoms with Crippen LogP contribution in [0.25, 0.3) is 0 Å². The standard InChI is InChI=1S/C16H24N2O2/c1-11(2)7-8-18-13-9-12(17)5-6-14(13)20-10-16(3,4)15(18)19/h5-6,9,11H,7-8,10,17H2,1-4H3. The zero-order chi connectivity index (χ0) is 14.9. The molecule has 0 bridgehead atoms. The van der Waals surface area contributed by atoms with Gasteiger partial charge in [-0.1, -0.05) is 13.8 Å². The summed E-state index contributed by atoms with van der Waals surface area (Å²) in [5, 5.41) is 0. The third-order valence-corrected chi connectivity index (χ3v) is 3.62. The molecule has 0 aromatic heterocycles. The fourth-order valence-corrected chi connectivity index (χ4v) is 2.27. The molecule has 0 aliphatic carbocycles. The summed E-state index contributed by atoms with van der Waals surface area (Å²) in [5.41, 5.74) is 6.79. The molecular formula is C16H24N2O2. The van der Waals surface area contributed by atoms with E-state index in [9.17, 15) is 4.79 Å². The number of ether oxygens (including phenoxy) is 1. The molecular weight excluding hydrogens is 252 g/mol. The third-order valence-electron chi connectivity index (χ3n) is 3.62. The molecule has 2 N–H and O–H groups in total. The lowest BCUT2D eigenvalue weighted by atomic mass is 9.92. The van der Waals surface area contributed by atoms with E-state index >= 15 is 0 Å². The molecule has 4 nitrogen and oxygen atoms in total. The van der Waals surface area contributed by atoms with Crippen LogP contribution in [0.2, 0.25) is 0 Å². The summed E-state index contributed by atoms with van der Waals surface area (Å²) in [6.45, 7) is 9.25. The second kappa shape index (κ2) is 5.35. The molecule has 1 aliphatic heterocycles. The van der Waals surface area contributed by atoms with Crippen LogP contribution in [0, 0.1) is 11.3 Å². The van der Waals surface area contributed by atoms with Crippen LogP contribution in [-0.2, 0) is 4.79 Å². The number of rotatable bonds is 3. The molecule has 1 aliphatic rings. The van der Waals surface area contributed by atoms with Crippen molar-refractivity contribution in [2.45, 2.75) is 34.1 Å².